The summed E-state index contributed by atoms with van der Waals surface area (Å²) in [5.74, 6) is -0.610. The van der Waals surface area contributed by atoms with Crippen LogP contribution in [0, 0.1) is 10.1 Å². The van der Waals surface area contributed by atoms with Crippen LogP contribution in [0.1, 0.15) is 5.56 Å². The Morgan fingerprint density at radius 2 is 1.96 bits per heavy atom. The molecule has 2 N–H and O–H groups in total. The van der Waals surface area contributed by atoms with Crippen LogP contribution in [0.4, 0.5) is 16.2 Å². The van der Waals surface area contributed by atoms with Crippen LogP contribution in [0.3, 0.4) is 0 Å². The van der Waals surface area contributed by atoms with Crippen molar-refractivity contribution in [3.8, 4) is 0 Å². The summed E-state index contributed by atoms with van der Waals surface area (Å²) >= 11 is 0. The number of rotatable bonds is 3. The Morgan fingerprint density at radius 1 is 1.22 bits per heavy atom. The number of nitrogens with zero attached hydrogens (tertiary/aromatic N) is 2. The third-order valence-electron chi connectivity index (χ3n) is 3.60. The fourth-order valence-electron chi connectivity index (χ4n) is 2.48. The Kier molecular flexibility index (Phi) is 3.94. The predicted molar refractivity (Wildman–Crippen MR) is 80.8 cm³/mol. The van der Waals surface area contributed by atoms with Crippen molar-refractivity contribution in [1.82, 2.24) is 10.6 Å². The molecule has 2 fully saturated rings. The highest BCUT2D eigenvalue weighted by Crippen LogP contribution is 2.27. The van der Waals surface area contributed by atoms with E-state index in [0.29, 0.717) is 26.3 Å². The molecule has 0 aromatic heterocycles. The van der Waals surface area contributed by atoms with E-state index in [9.17, 15) is 19.7 Å². The zero-order valence-corrected chi connectivity index (χ0v) is 12.1. The van der Waals surface area contributed by atoms with Crippen LogP contribution in [0.15, 0.2) is 23.9 Å². The molecule has 0 aliphatic carbocycles. The summed E-state index contributed by atoms with van der Waals surface area (Å²) in [4.78, 5) is 35.4. The van der Waals surface area contributed by atoms with Gasteiger partial charge in [0.15, 0.2) is 0 Å². The van der Waals surface area contributed by atoms with E-state index in [1.165, 1.54) is 12.1 Å². The number of anilines is 1. The Labute approximate surface area is 131 Å². The summed E-state index contributed by atoms with van der Waals surface area (Å²) in [6.07, 6.45) is 1.31. The summed E-state index contributed by atoms with van der Waals surface area (Å²) in [7, 11) is 0. The van der Waals surface area contributed by atoms with E-state index in [1.54, 1.807) is 12.1 Å². The number of ether oxygens (including phenoxy) is 1. The first-order valence-corrected chi connectivity index (χ1v) is 7.00. The van der Waals surface area contributed by atoms with E-state index < -0.39 is 16.9 Å². The second-order valence-electron chi connectivity index (χ2n) is 5.07. The van der Waals surface area contributed by atoms with Crippen molar-refractivity contribution in [2.75, 3.05) is 31.2 Å². The molecule has 9 nitrogen and oxygen atoms in total. The fraction of sp³-hybridized carbons (Fsp3) is 0.286. The quantitative estimate of drug-likeness (QED) is 0.365. The third kappa shape index (κ3) is 3.14. The average molecular weight is 318 g/mol. The monoisotopic (exact) mass is 318 g/mol. The zero-order valence-electron chi connectivity index (χ0n) is 12.1. The van der Waals surface area contributed by atoms with Gasteiger partial charge in [-0.15, -0.1) is 0 Å². The zero-order chi connectivity index (χ0) is 16.4. The number of morpholine rings is 1. The van der Waals surface area contributed by atoms with E-state index in [-0.39, 0.29) is 16.9 Å². The van der Waals surface area contributed by atoms with E-state index in [2.05, 4.69) is 10.6 Å². The van der Waals surface area contributed by atoms with Gasteiger partial charge < -0.3 is 15.0 Å². The van der Waals surface area contributed by atoms with Crippen LogP contribution in [-0.2, 0) is 9.53 Å². The van der Waals surface area contributed by atoms with Gasteiger partial charge in [0.25, 0.3) is 11.6 Å². The second-order valence-corrected chi connectivity index (χ2v) is 5.07. The summed E-state index contributed by atoms with van der Waals surface area (Å²) in [6.45, 7) is 2.55. The first kappa shape index (κ1) is 15.0. The molecule has 0 radical (unpaired) electrons. The van der Waals surface area contributed by atoms with E-state index in [1.807, 2.05) is 4.90 Å². The van der Waals surface area contributed by atoms with Crippen LogP contribution >= 0.6 is 0 Å². The number of amides is 3. The number of nitro groups is 1. The SMILES string of the molecule is O=C1NC(=O)/C(=C\c2cc(N3CCOCC3)ccc2[N+](=O)[O-])N1. The first-order chi connectivity index (χ1) is 11.0. The van der Waals surface area contributed by atoms with Gasteiger partial charge in [0.1, 0.15) is 5.70 Å². The van der Waals surface area contributed by atoms with Crippen molar-refractivity contribution in [3.05, 3.63) is 39.6 Å². The van der Waals surface area contributed by atoms with Crippen molar-refractivity contribution in [3.63, 3.8) is 0 Å². The molecule has 3 amide bonds. The molecule has 23 heavy (non-hydrogen) atoms. The van der Waals surface area contributed by atoms with Crippen molar-refractivity contribution in [2.45, 2.75) is 0 Å². The number of imide groups is 1. The first-order valence-electron chi connectivity index (χ1n) is 7.00. The number of carbonyl (C=O) groups is 2. The molecule has 0 saturated carbocycles. The van der Waals surface area contributed by atoms with Gasteiger partial charge in [-0.1, -0.05) is 0 Å². The molecule has 2 aliphatic heterocycles. The number of hydrogen-bond donors (Lipinski definition) is 2. The number of hydrogen-bond acceptors (Lipinski definition) is 6. The highest BCUT2D eigenvalue weighted by Gasteiger charge is 2.25. The van der Waals surface area contributed by atoms with Crippen molar-refractivity contribution in [2.24, 2.45) is 0 Å². The Balaban J connectivity index is 1.98. The lowest BCUT2D eigenvalue weighted by atomic mass is 10.1. The minimum absolute atomic E-state index is 0.0165. The standard InChI is InChI=1S/C14H14N4O5/c19-13-11(15-14(20)16-13)8-9-7-10(1-2-12(9)18(21)22)17-3-5-23-6-4-17/h1-2,7-8H,3-6H2,(H2,15,16,19,20)/b11-8+. The van der Waals surface area contributed by atoms with Crippen molar-refractivity contribution >= 4 is 29.4 Å². The van der Waals surface area contributed by atoms with Crippen molar-refractivity contribution < 1.29 is 19.2 Å². The number of nitrogens with one attached hydrogen (secondary N) is 2. The van der Waals surface area contributed by atoms with Gasteiger partial charge in [-0.25, -0.2) is 4.79 Å². The van der Waals surface area contributed by atoms with E-state index in [4.69, 9.17) is 4.74 Å². The average Bonchev–Trinajstić information content (AvgIpc) is 2.85. The molecule has 9 heteroatoms. The summed E-state index contributed by atoms with van der Waals surface area (Å²) in [5.41, 5.74) is 0.905. The number of carbonyl (C=O) groups excluding carboxylic acids is 2. The van der Waals surface area contributed by atoms with Gasteiger partial charge in [0, 0.05) is 24.8 Å². The number of urea groups is 1. The van der Waals surface area contributed by atoms with Crippen LogP contribution in [-0.4, -0.2) is 43.2 Å². The minimum Gasteiger partial charge on any atom is -0.378 e. The molecule has 2 aliphatic rings. The number of nitro benzene ring substituents is 1. The van der Waals surface area contributed by atoms with Crippen LogP contribution in [0.5, 0.6) is 0 Å². The Bertz CT molecular complexity index is 709. The molecular weight excluding hydrogens is 304 g/mol. The maximum absolute atomic E-state index is 11.6. The lowest BCUT2D eigenvalue weighted by Crippen LogP contribution is -2.36. The molecular formula is C14H14N4O5. The Hall–Kier alpha value is -2.94. The smallest absolute Gasteiger partial charge is 0.326 e. The molecule has 1 aromatic rings. The topological polar surface area (TPSA) is 114 Å². The lowest BCUT2D eigenvalue weighted by molar-refractivity contribution is -0.385. The normalized spacial score (nSPS) is 19.7. The molecule has 0 spiro atoms. The van der Waals surface area contributed by atoms with Crippen molar-refractivity contribution in [1.29, 1.82) is 0 Å². The summed E-state index contributed by atoms with van der Waals surface area (Å²) < 4.78 is 5.28. The molecule has 0 atom stereocenters. The highest BCUT2D eigenvalue weighted by atomic mass is 16.6. The molecule has 1 aromatic carbocycles. The molecule has 2 heterocycles. The molecule has 3 rings (SSSR count). The molecule has 2 saturated heterocycles. The lowest BCUT2D eigenvalue weighted by Gasteiger charge is -2.29. The molecule has 120 valence electrons. The van der Waals surface area contributed by atoms with Gasteiger partial charge in [0.2, 0.25) is 0 Å². The minimum atomic E-state index is -0.645. The fourth-order valence-corrected chi connectivity index (χ4v) is 2.48. The van der Waals surface area contributed by atoms with Crippen LogP contribution in [0.25, 0.3) is 6.08 Å². The van der Waals surface area contributed by atoms with Gasteiger partial charge in [-0.05, 0) is 18.2 Å². The van der Waals surface area contributed by atoms with Gasteiger partial charge in [-0.2, -0.15) is 0 Å². The van der Waals surface area contributed by atoms with E-state index in [0.717, 1.165) is 5.69 Å². The van der Waals surface area contributed by atoms with E-state index >= 15 is 0 Å². The van der Waals surface area contributed by atoms with Crippen LogP contribution < -0.4 is 15.5 Å². The van der Waals surface area contributed by atoms with Gasteiger partial charge in [-0.3, -0.25) is 20.2 Å². The third-order valence-corrected chi connectivity index (χ3v) is 3.60. The van der Waals surface area contributed by atoms with Crippen LogP contribution in [0.2, 0.25) is 0 Å². The molecule has 0 bridgehead atoms. The summed E-state index contributed by atoms with van der Waals surface area (Å²) in [5, 5.41) is 15.6. The highest BCUT2D eigenvalue weighted by molar-refractivity contribution is 6.14. The Morgan fingerprint density at radius 3 is 2.57 bits per heavy atom. The van der Waals surface area contributed by atoms with Gasteiger partial charge in [0.05, 0.1) is 23.7 Å². The maximum atomic E-state index is 11.6. The second kappa shape index (κ2) is 6.05. The summed E-state index contributed by atoms with van der Waals surface area (Å²) in [6, 6.07) is 4.05. The van der Waals surface area contributed by atoms with Gasteiger partial charge >= 0.3 is 6.03 Å². The molecule has 0 unspecified atom stereocenters. The predicted octanol–water partition coefficient (Wildman–Crippen LogP) is 0.612. The number of benzene rings is 1. The largest absolute Gasteiger partial charge is 0.378 e. The maximum Gasteiger partial charge on any atom is 0.326 e.